The number of benzene rings is 1. The number of aliphatic carboxylic acids is 1. The molecule has 0 aromatic heterocycles. The van der Waals surface area contributed by atoms with Crippen LogP contribution in [0.4, 0.5) is 5.69 Å². The summed E-state index contributed by atoms with van der Waals surface area (Å²) < 4.78 is 0. The second-order valence-electron chi connectivity index (χ2n) is 4.94. The van der Waals surface area contributed by atoms with E-state index >= 15 is 0 Å². The Balaban J connectivity index is 2.78. The number of carbonyl (C=O) groups is 1. The first-order valence-corrected chi connectivity index (χ1v) is 6.27. The molecule has 0 aliphatic heterocycles. The summed E-state index contributed by atoms with van der Waals surface area (Å²) in [5.41, 5.74) is 3.16. The third kappa shape index (κ3) is 5.14. The molecule has 1 aromatic carbocycles. The minimum absolute atomic E-state index is 0.924. The van der Waals surface area contributed by atoms with E-state index in [1.807, 2.05) is 19.1 Å². The van der Waals surface area contributed by atoms with Crippen molar-refractivity contribution in [3.63, 3.8) is 0 Å². The second kappa shape index (κ2) is 6.95. The van der Waals surface area contributed by atoms with Gasteiger partial charge in [-0.3, -0.25) is 0 Å². The Bertz CT molecular complexity index is 467. The molecule has 0 bridgehead atoms. The number of anilines is 1. The Morgan fingerprint density at radius 1 is 1.26 bits per heavy atom. The first-order chi connectivity index (χ1) is 8.90. The Kier molecular flexibility index (Phi) is 5.57. The minimum atomic E-state index is -0.924. The number of hydrogen-bond acceptors (Lipinski definition) is 3. The van der Waals surface area contributed by atoms with Gasteiger partial charge in [0.15, 0.2) is 0 Å². The van der Waals surface area contributed by atoms with E-state index in [-0.39, 0.29) is 0 Å². The lowest BCUT2D eigenvalue weighted by Crippen LogP contribution is -2.28. The first-order valence-electron chi connectivity index (χ1n) is 6.27. The van der Waals surface area contributed by atoms with Gasteiger partial charge in [-0.25, -0.2) is 4.79 Å². The molecule has 0 saturated heterocycles. The van der Waals surface area contributed by atoms with Gasteiger partial charge >= 0.3 is 5.97 Å². The number of nitrogens with zero attached hydrogens (tertiary/aromatic N) is 2. The average molecular weight is 262 g/mol. The molecule has 1 rings (SSSR count). The summed E-state index contributed by atoms with van der Waals surface area (Å²) in [5, 5.41) is 8.63. The Morgan fingerprint density at radius 2 is 1.95 bits per heavy atom. The van der Waals surface area contributed by atoms with Crippen molar-refractivity contribution in [2.75, 3.05) is 39.1 Å². The summed E-state index contributed by atoms with van der Waals surface area (Å²) in [5.74, 6) is -0.924. The van der Waals surface area contributed by atoms with Crippen LogP contribution in [0.5, 0.6) is 0 Å². The van der Waals surface area contributed by atoms with Crippen LogP contribution in [-0.2, 0) is 4.79 Å². The third-order valence-corrected chi connectivity index (χ3v) is 2.98. The molecule has 0 atom stereocenters. The highest BCUT2D eigenvalue weighted by Gasteiger charge is 2.03. The van der Waals surface area contributed by atoms with Crippen molar-refractivity contribution in [1.29, 1.82) is 0 Å². The Hall–Kier alpha value is -1.81. The zero-order valence-corrected chi connectivity index (χ0v) is 12.1. The molecular weight excluding hydrogens is 240 g/mol. The first kappa shape index (κ1) is 15.2. The van der Waals surface area contributed by atoms with Crippen LogP contribution < -0.4 is 4.90 Å². The predicted octanol–water partition coefficient (Wildman–Crippen LogP) is 2.09. The number of carboxylic acid groups (broad SMARTS) is 1. The fraction of sp³-hybridized carbons (Fsp3) is 0.400. The normalized spacial score (nSPS) is 11.2. The molecular formula is C15H22N2O2. The number of rotatable bonds is 6. The molecule has 104 valence electrons. The van der Waals surface area contributed by atoms with Gasteiger partial charge in [0, 0.05) is 31.9 Å². The van der Waals surface area contributed by atoms with Crippen LogP contribution in [-0.4, -0.2) is 50.2 Å². The van der Waals surface area contributed by atoms with E-state index in [0.717, 1.165) is 36.0 Å². The Morgan fingerprint density at radius 3 is 2.47 bits per heavy atom. The van der Waals surface area contributed by atoms with Crippen molar-refractivity contribution >= 4 is 17.7 Å². The van der Waals surface area contributed by atoms with E-state index in [1.54, 1.807) is 6.08 Å². The van der Waals surface area contributed by atoms with Crippen LogP contribution in [0.3, 0.4) is 0 Å². The van der Waals surface area contributed by atoms with Crippen molar-refractivity contribution in [1.82, 2.24) is 4.90 Å². The van der Waals surface area contributed by atoms with E-state index in [4.69, 9.17) is 5.11 Å². The molecule has 4 heteroatoms. The Labute approximate surface area is 115 Å². The van der Waals surface area contributed by atoms with Gasteiger partial charge in [-0.2, -0.15) is 0 Å². The number of aryl methyl sites for hydroxylation is 1. The molecule has 1 aromatic rings. The zero-order chi connectivity index (χ0) is 14.4. The second-order valence-corrected chi connectivity index (χ2v) is 4.94. The fourth-order valence-corrected chi connectivity index (χ4v) is 1.72. The van der Waals surface area contributed by atoms with E-state index < -0.39 is 5.97 Å². The zero-order valence-electron chi connectivity index (χ0n) is 12.1. The lowest BCUT2D eigenvalue weighted by Gasteiger charge is -2.22. The molecule has 0 radical (unpaired) electrons. The molecule has 0 spiro atoms. The molecule has 0 aliphatic rings. The lowest BCUT2D eigenvalue weighted by molar-refractivity contribution is -0.131. The quantitative estimate of drug-likeness (QED) is 0.797. The molecule has 0 aliphatic carbocycles. The molecule has 0 saturated carbocycles. The summed E-state index contributed by atoms with van der Waals surface area (Å²) in [4.78, 5) is 14.8. The van der Waals surface area contributed by atoms with Crippen molar-refractivity contribution in [2.45, 2.75) is 6.92 Å². The highest BCUT2D eigenvalue weighted by atomic mass is 16.4. The van der Waals surface area contributed by atoms with Crippen LogP contribution in [0.2, 0.25) is 0 Å². The largest absolute Gasteiger partial charge is 0.478 e. The van der Waals surface area contributed by atoms with Crippen LogP contribution in [0, 0.1) is 6.92 Å². The maximum absolute atomic E-state index is 10.5. The smallest absolute Gasteiger partial charge is 0.328 e. The summed E-state index contributed by atoms with van der Waals surface area (Å²) in [6.07, 6.45) is 2.79. The van der Waals surface area contributed by atoms with Gasteiger partial charge in [-0.1, -0.05) is 6.07 Å². The summed E-state index contributed by atoms with van der Waals surface area (Å²) in [6, 6.07) is 6.05. The van der Waals surface area contributed by atoms with Crippen molar-refractivity contribution in [3.8, 4) is 0 Å². The van der Waals surface area contributed by atoms with E-state index in [0.29, 0.717) is 0 Å². The molecule has 19 heavy (non-hydrogen) atoms. The van der Waals surface area contributed by atoms with E-state index in [9.17, 15) is 4.79 Å². The van der Waals surface area contributed by atoms with Gasteiger partial charge < -0.3 is 14.9 Å². The maximum atomic E-state index is 10.5. The molecule has 1 N–H and O–H groups in total. The fourth-order valence-electron chi connectivity index (χ4n) is 1.72. The van der Waals surface area contributed by atoms with Crippen LogP contribution in [0.25, 0.3) is 6.08 Å². The minimum Gasteiger partial charge on any atom is -0.478 e. The number of carboxylic acids is 1. The van der Waals surface area contributed by atoms with Crippen molar-refractivity contribution < 1.29 is 9.90 Å². The summed E-state index contributed by atoms with van der Waals surface area (Å²) in [7, 11) is 6.17. The van der Waals surface area contributed by atoms with E-state index in [2.05, 4.69) is 37.0 Å². The van der Waals surface area contributed by atoms with Gasteiger partial charge in [0.1, 0.15) is 0 Å². The predicted molar refractivity (Wildman–Crippen MR) is 79.7 cm³/mol. The molecule has 0 fully saturated rings. The molecule has 4 nitrogen and oxygen atoms in total. The molecule has 0 amide bonds. The highest BCUT2D eigenvalue weighted by molar-refractivity contribution is 5.85. The van der Waals surface area contributed by atoms with Gasteiger partial charge in [-0.05, 0) is 50.4 Å². The maximum Gasteiger partial charge on any atom is 0.328 e. The van der Waals surface area contributed by atoms with Crippen molar-refractivity contribution in [2.24, 2.45) is 0 Å². The van der Waals surface area contributed by atoms with Gasteiger partial charge in [0.25, 0.3) is 0 Å². The van der Waals surface area contributed by atoms with Crippen molar-refractivity contribution in [3.05, 3.63) is 35.4 Å². The number of likely N-dealkylation sites (N-methyl/N-ethyl adjacent to an activating group) is 2. The summed E-state index contributed by atoms with van der Waals surface area (Å²) >= 11 is 0. The average Bonchev–Trinajstić information content (AvgIpc) is 2.34. The lowest BCUT2D eigenvalue weighted by atomic mass is 10.1. The third-order valence-electron chi connectivity index (χ3n) is 2.98. The molecule has 0 heterocycles. The SMILES string of the molecule is Cc1cc(N(C)CCN(C)C)ccc1C=CC(=O)O. The van der Waals surface area contributed by atoms with E-state index in [1.165, 1.54) is 0 Å². The van der Waals surface area contributed by atoms with Crippen LogP contribution in [0.1, 0.15) is 11.1 Å². The van der Waals surface area contributed by atoms with Gasteiger partial charge in [0.2, 0.25) is 0 Å². The summed E-state index contributed by atoms with van der Waals surface area (Å²) in [6.45, 7) is 3.94. The standard InChI is InChI=1S/C15H22N2O2/c1-12-11-14(17(4)10-9-16(2)3)7-5-13(12)6-8-15(18)19/h5-8,11H,9-10H2,1-4H3,(H,18,19). The van der Waals surface area contributed by atoms with Crippen LogP contribution >= 0.6 is 0 Å². The van der Waals surface area contributed by atoms with Crippen LogP contribution in [0.15, 0.2) is 24.3 Å². The van der Waals surface area contributed by atoms with Gasteiger partial charge in [0.05, 0.1) is 0 Å². The topological polar surface area (TPSA) is 43.8 Å². The number of hydrogen-bond donors (Lipinski definition) is 1. The molecule has 0 unspecified atom stereocenters. The monoisotopic (exact) mass is 262 g/mol. The highest BCUT2D eigenvalue weighted by Crippen LogP contribution is 2.19. The van der Waals surface area contributed by atoms with Gasteiger partial charge in [-0.15, -0.1) is 0 Å².